The number of nitrogens with one attached hydrogen (secondary N) is 1. The first-order chi connectivity index (χ1) is 9.72. The molecule has 0 atom stereocenters. The van der Waals surface area contributed by atoms with Gasteiger partial charge in [-0.25, -0.2) is 4.39 Å². The van der Waals surface area contributed by atoms with Gasteiger partial charge in [0.15, 0.2) is 23.1 Å². The summed E-state index contributed by atoms with van der Waals surface area (Å²) < 4.78 is 24.1. The molecule has 1 heterocycles. The highest BCUT2D eigenvalue weighted by Crippen LogP contribution is 2.32. The van der Waals surface area contributed by atoms with Crippen LogP contribution in [-0.2, 0) is 6.54 Å². The summed E-state index contributed by atoms with van der Waals surface area (Å²) in [5.74, 6) is 0.482. The Labute approximate surface area is 115 Å². The standard InChI is InChI=1S/C15H14FNO3/c16-12-7-10(1-3-13(12)18)9-17-11-2-4-14-15(8-11)20-6-5-19-14/h1-4,7-8,17-18H,5-6,9H2. The number of phenolic OH excluding ortho intramolecular Hbond substituents is 1. The van der Waals surface area contributed by atoms with Gasteiger partial charge in [0.2, 0.25) is 0 Å². The summed E-state index contributed by atoms with van der Waals surface area (Å²) in [6.45, 7) is 1.56. The minimum atomic E-state index is -0.619. The molecule has 0 radical (unpaired) electrons. The molecule has 0 amide bonds. The SMILES string of the molecule is Oc1ccc(CNc2ccc3c(c2)OCCO3)cc1F. The van der Waals surface area contributed by atoms with Gasteiger partial charge in [-0.05, 0) is 29.8 Å². The molecule has 2 aromatic carbocycles. The van der Waals surface area contributed by atoms with Crippen molar-refractivity contribution in [2.24, 2.45) is 0 Å². The van der Waals surface area contributed by atoms with Gasteiger partial charge in [-0.1, -0.05) is 6.07 Å². The summed E-state index contributed by atoms with van der Waals surface area (Å²) in [7, 11) is 0. The highest BCUT2D eigenvalue weighted by Gasteiger charge is 2.11. The van der Waals surface area contributed by atoms with Gasteiger partial charge < -0.3 is 19.9 Å². The predicted molar refractivity (Wildman–Crippen MR) is 72.8 cm³/mol. The van der Waals surface area contributed by atoms with Crippen molar-refractivity contribution in [2.45, 2.75) is 6.54 Å². The zero-order valence-electron chi connectivity index (χ0n) is 10.7. The second-order valence-corrected chi connectivity index (χ2v) is 4.50. The quantitative estimate of drug-likeness (QED) is 0.904. The molecule has 3 rings (SSSR count). The van der Waals surface area contributed by atoms with Crippen LogP contribution in [0, 0.1) is 5.82 Å². The Morgan fingerprint density at radius 2 is 1.85 bits per heavy atom. The van der Waals surface area contributed by atoms with Crippen molar-refractivity contribution in [3.8, 4) is 17.2 Å². The molecule has 104 valence electrons. The molecule has 2 aromatic rings. The van der Waals surface area contributed by atoms with Crippen molar-refractivity contribution >= 4 is 5.69 Å². The molecule has 0 aromatic heterocycles. The Hall–Kier alpha value is -2.43. The maximum atomic E-state index is 13.2. The number of ether oxygens (including phenoxy) is 2. The summed E-state index contributed by atoms with van der Waals surface area (Å²) in [6, 6.07) is 9.89. The predicted octanol–water partition coefficient (Wildman–Crippen LogP) is 2.91. The van der Waals surface area contributed by atoms with Crippen molar-refractivity contribution in [1.29, 1.82) is 0 Å². The minimum absolute atomic E-state index is 0.340. The van der Waals surface area contributed by atoms with E-state index in [-0.39, 0.29) is 5.75 Å². The summed E-state index contributed by atoms with van der Waals surface area (Å²) in [5, 5.41) is 12.3. The van der Waals surface area contributed by atoms with E-state index in [1.165, 1.54) is 12.1 Å². The average molecular weight is 275 g/mol. The fourth-order valence-electron chi connectivity index (χ4n) is 2.02. The summed E-state index contributed by atoms with van der Waals surface area (Å²) in [5.41, 5.74) is 1.61. The Kier molecular flexibility index (Phi) is 3.33. The molecule has 4 nitrogen and oxygen atoms in total. The van der Waals surface area contributed by atoms with E-state index in [2.05, 4.69) is 5.32 Å². The number of phenols is 1. The average Bonchev–Trinajstić information content (AvgIpc) is 2.48. The number of benzene rings is 2. The van der Waals surface area contributed by atoms with Gasteiger partial charge in [0.05, 0.1) is 0 Å². The Balaban J connectivity index is 1.70. The number of anilines is 1. The molecule has 0 saturated heterocycles. The number of fused-ring (bicyclic) bond motifs is 1. The van der Waals surface area contributed by atoms with Gasteiger partial charge in [0.25, 0.3) is 0 Å². The molecule has 0 bridgehead atoms. The maximum Gasteiger partial charge on any atom is 0.165 e. The monoisotopic (exact) mass is 275 g/mol. The topological polar surface area (TPSA) is 50.7 Å². The lowest BCUT2D eigenvalue weighted by Crippen LogP contribution is -2.15. The van der Waals surface area contributed by atoms with Crippen LogP contribution in [0.15, 0.2) is 36.4 Å². The maximum absolute atomic E-state index is 13.2. The molecule has 0 fully saturated rings. The van der Waals surface area contributed by atoms with E-state index in [1.54, 1.807) is 6.07 Å². The minimum Gasteiger partial charge on any atom is -0.505 e. The third kappa shape index (κ3) is 2.61. The number of rotatable bonds is 3. The van der Waals surface area contributed by atoms with Crippen molar-refractivity contribution in [3.05, 3.63) is 47.8 Å². The molecule has 0 aliphatic carbocycles. The van der Waals surface area contributed by atoms with E-state index in [0.29, 0.717) is 25.5 Å². The smallest absolute Gasteiger partial charge is 0.165 e. The van der Waals surface area contributed by atoms with Gasteiger partial charge in [-0.2, -0.15) is 0 Å². The molecule has 1 aliphatic rings. The van der Waals surface area contributed by atoms with Gasteiger partial charge >= 0.3 is 0 Å². The van der Waals surface area contributed by atoms with Crippen molar-refractivity contribution < 1.29 is 19.0 Å². The van der Waals surface area contributed by atoms with Crippen LogP contribution in [-0.4, -0.2) is 18.3 Å². The third-order valence-electron chi connectivity index (χ3n) is 3.05. The van der Waals surface area contributed by atoms with E-state index < -0.39 is 5.82 Å². The molecule has 1 aliphatic heterocycles. The van der Waals surface area contributed by atoms with Gasteiger partial charge in [0.1, 0.15) is 13.2 Å². The van der Waals surface area contributed by atoms with Crippen molar-refractivity contribution in [1.82, 2.24) is 0 Å². The van der Waals surface area contributed by atoms with E-state index in [9.17, 15) is 4.39 Å². The lowest BCUT2D eigenvalue weighted by molar-refractivity contribution is 0.171. The Morgan fingerprint density at radius 1 is 1.05 bits per heavy atom. The lowest BCUT2D eigenvalue weighted by atomic mass is 10.2. The molecule has 0 spiro atoms. The fraction of sp³-hybridized carbons (Fsp3) is 0.200. The molecule has 0 saturated carbocycles. The van der Waals surface area contributed by atoms with Crippen LogP contribution in [0.2, 0.25) is 0 Å². The number of halogens is 1. The molecule has 20 heavy (non-hydrogen) atoms. The highest BCUT2D eigenvalue weighted by atomic mass is 19.1. The second-order valence-electron chi connectivity index (χ2n) is 4.50. The van der Waals surface area contributed by atoms with Crippen LogP contribution < -0.4 is 14.8 Å². The largest absolute Gasteiger partial charge is 0.505 e. The first kappa shape index (κ1) is 12.6. The highest BCUT2D eigenvalue weighted by molar-refractivity contribution is 5.55. The van der Waals surface area contributed by atoms with Gasteiger partial charge in [0, 0.05) is 18.3 Å². The first-order valence-corrected chi connectivity index (χ1v) is 6.33. The zero-order valence-corrected chi connectivity index (χ0v) is 10.7. The molecular weight excluding hydrogens is 261 g/mol. The van der Waals surface area contributed by atoms with Crippen LogP contribution in [0.25, 0.3) is 0 Å². The molecule has 5 heteroatoms. The number of aromatic hydroxyl groups is 1. The molecular formula is C15H14FNO3. The van der Waals surface area contributed by atoms with Crippen LogP contribution in [0.3, 0.4) is 0 Å². The van der Waals surface area contributed by atoms with E-state index >= 15 is 0 Å². The summed E-state index contributed by atoms with van der Waals surface area (Å²) in [6.07, 6.45) is 0. The molecule has 0 unspecified atom stereocenters. The summed E-state index contributed by atoms with van der Waals surface area (Å²) >= 11 is 0. The van der Waals surface area contributed by atoms with Crippen molar-refractivity contribution in [3.63, 3.8) is 0 Å². The summed E-state index contributed by atoms with van der Waals surface area (Å²) in [4.78, 5) is 0. The van der Waals surface area contributed by atoms with Gasteiger partial charge in [-0.15, -0.1) is 0 Å². The Morgan fingerprint density at radius 3 is 2.65 bits per heavy atom. The first-order valence-electron chi connectivity index (χ1n) is 6.33. The Bertz CT molecular complexity index is 631. The van der Waals surface area contributed by atoms with Crippen LogP contribution in [0.4, 0.5) is 10.1 Å². The third-order valence-corrected chi connectivity index (χ3v) is 3.05. The normalized spacial score (nSPS) is 13.1. The second kappa shape index (κ2) is 5.28. The number of hydrogen-bond acceptors (Lipinski definition) is 4. The lowest BCUT2D eigenvalue weighted by Gasteiger charge is -2.19. The van der Waals surface area contributed by atoms with Gasteiger partial charge in [-0.3, -0.25) is 0 Å². The van der Waals surface area contributed by atoms with Crippen LogP contribution in [0.1, 0.15) is 5.56 Å². The van der Waals surface area contributed by atoms with Crippen LogP contribution in [0.5, 0.6) is 17.2 Å². The van der Waals surface area contributed by atoms with E-state index in [0.717, 1.165) is 17.0 Å². The number of hydrogen-bond donors (Lipinski definition) is 2. The van der Waals surface area contributed by atoms with E-state index in [4.69, 9.17) is 14.6 Å². The van der Waals surface area contributed by atoms with E-state index in [1.807, 2.05) is 18.2 Å². The zero-order chi connectivity index (χ0) is 13.9. The van der Waals surface area contributed by atoms with Crippen LogP contribution >= 0.6 is 0 Å². The van der Waals surface area contributed by atoms with Crippen molar-refractivity contribution in [2.75, 3.05) is 18.5 Å². The fourth-order valence-corrected chi connectivity index (χ4v) is 2.02. The molecule has 2 N–H and O–H groups in total.